The van der Waals surface area contributed by atoms with Crippen molar-refractivity contribution in [1.82, 2.24) is 0 Å². The lowest BCUT2D eigenvalue weighted by molar-refractivity contribution is -0.132. The van der Waals surface area contributed by atoms with E-state index in [0.29, 0.717) is 19.4 Å². The van der Waals surface area contributed by atoms with E-state index in [-0.39, 0.29) is 87.9 Å². The van der Waals surface area contributed by atoms with Crippen LogP contribution < -0.4 is 5.73 Å². The van der Waals surface area contributed by atoms with Gasteiger partial charge in [0.25, 0.3) is 0 Å². The van der Waals surface area contributed by atoms with Gasteiger partial charge >= 0.3 is 5.97 Å². The summed E-state index contributed by atoms with van der Waals surface area (Å²) in [5.74, 6) is -2.67. The smallest absolute Gasteiger partial charge is 0.331 e. The SMILES string of the molecule is CC(=CC=CC=CC=CCCC=CC(C)[C@H](O)[C@@H](C)[C@H](O)C=CC=CC=CC=CC=CCC(O)C(C)C(=O)CC(O)C[C@H](O)C[C@H](O)C=CC[C@@H](O)C[C@H](O)C[C@@H](O)C[C@H](O)C=CCC(O)C=CC[C@H](O)C[C@H](O)CCCN)C(=O)O. The minimum Gasteiger partial charge on any atom is -0.478 e. The summed E-state index contributed by atoms with van der Waals surface area (Å²) in [4.78, 5) is 23.6. The van der Waals surface area contributed by atoms with E-state index >= 15 is 0 Å². The van der Waals surface area contributed by atoms with Crippen LogP contribution in [-0.4, -0.2) is 169 Å². The molecule has 0 rings (SSSR count). The number of carboxylic acid groups (broad SMARTS) is 1. The van der Waals surface area contributed by atoms with Gasteiger partial charge in [-0.2, -0.15) is 0 Å². The van der Waals surface area contributed by atoms with E-state index in [2.05, 4.69) is 0 Å². The second-order valence-electron chi connectivity index (χ2n) is 20.9. The van der Waals surface area contributed by atoms with Crippen molar-refractivity contribution in [2.75, 3.05) is 6.54 Å². The highest BCUT2D eigenvalue weighted by Gasteiger charge is 2.26. The molecule has 0 fully saturated rings. The summed E-state index contributed by atoms with van der Waals surface area (Å²) >= 11 is 0. The summed E-state index contributed by atoms with van der Waals surface area (Å²) in [6.45, 7) is 7.25. The Bertz CT molecular complexity index is 2070. The highest BCUT2D eigenvalue weighted by atomic mass is 16.4. The number of aliphatic carboxylic acids is 1. The van der Waals surface area contributed by atoms with Crippen LogP contribution in [0.4, 0.5) is 0 Å². The van der Waals surface area contributed by atoms with Gasteiger partial charge in [0.05, 0.1) is 79.4 Å². The van der Waals surface area contributed by atoms with Gasteiger partial charge in [0.2, 0.25) is 0 Å². The zero-order chi connectivity index (χ0) is 61.0. The van der Waals surface area contributed by atoms with Gasteiger partial charge in [-0.25, -0.2) is 4.79 Å². The molecule has 0 aliphatic heterocycles. The molecule has 16 N–H and O–H groups in total. The Morgan fingerprint density at radius 3 is 1.47 bits per heavy atom. The molecule has 0 saturated carbocycles. The van der Waals surface area contributed by atoms with Crippen molar-refractivity contribution in [3.8, 4) is 0 Å². The molecule has 5 unspecified atom stereocenters. The molecule has 0 bridgehead atoms. The van der Waals surface area contributed by atoms with Crippen molar-refractivity contribution in [3.05, 3.63) is 157 Å². The Hall–Kier alpha value is -4.80. The van der Waals surface area contributed by atoms with E-state index in [1.807, 2.05) is 43.4 Å². The Morgan fingerprint density at radius 1 is 0.444 bits per heavy atom. The lowest BCUT2D eigenvalue weighted by Gasteiger charge is -2.25. The summed E-state index contributed by atoms with van der Waals surface area (Å²) in [5, 5.41) is 144. The van der Waals surface area contributed by atoms with E-state index in [1.165, 1.54) is 37.3 Å². The zero-order valence-corrected chi connectivity index (χ0v) is 48.1. The third kappa shape index (κ3) is 42.6. The zero-order valence-electron chi connectivity index (χ0n) is 48.1. The number of hydrogen-bond acceptors (Lipinski definition) is 16. The molecule has 0 aliphatic rings. The summed E-state index contributed by atoms with van der Waals surface area (Å²) in [7, 11) is 0. The van der Waals surface area contributed by atoms with Gasteiger partial charge in [-0.15, -0.1) is 0 Å². The largest absolute Gasteiger partial charge is 0.478 e. The molecule has 17 heteroatoms. The lowest BCUT2D eigenvalue weighted by Crippen LogP contribution is -2.32. The van der Waals surface area contributed by atoms with Crippen LogP contribution in [-0.2, 0) is 9.59 Å². The standard InChI is InChI=1S/C64H101NO16/c1-46(27-19-15-11-7-5-8-12-16-20-28-47(2)64(80)81)63(79)49(4)61(77)37-22-18-14-10-6-9-13-17-21-36-60(76)48(3)62(78)45-59(75)44-58(74)42-54(70)34-25-33-53(69)41-57(73)43-56(72)40-52(68)32-24-30-50(66)29-23-31-51(67)39-55(71)35-26-38-65/h5-10,12-14,16-25,27-29,32,34,37,46,48-61,63,66-77,79H,11,15,26,30-31,33,35-36,38-45,65H2,1-4H3,(H,80,81)/t46?,48?,49-,50?,51-,52+,53+,54+,55+,56-,57-,58+,59?,60?,61+,63-/m0/s1. The maximum absolute atomic E-state index is 12.8. The van der Waals surface area contributed by atoms with Crippen molar-refractivity contribution in [2.24, 2.45) is 23.5 Å². The quantitative estimate of drug-likeness (QED) is 0.0151. The average Bonchev–Trinajstić information content (AvgIpc) is 3.40. The number of hydrogen-bond donors (Lipinski definition) is 15. The topological polar surface area (TPSA) is 343 Å². The van der Waals surface area contributed by atoms with Crippen molar-refractivity contribution in [1.29, 1.82) is 0 Å². The number of nitrogens with two attached hydrogens (primary N) is 1. The molecular weight excluding hydrogens is 1040 g/mol. The number of carboxylic acids is 1. The second kappa shape index (κ2) is 47.7. The van der Waals surface area contributed by atoms with Crippen LogP contribution in [0.15, 0.2) is 157 Å². The normalized spacial score (nSPS) is 19.6. The van der Waals surface area contributed by atoms with Crippen LogP contribution >= 0.6 is 0 Å². The van der Waals surface area contributed by atoms with Gasteiger partial charge in [0.15, 0.2) is 0 Å². The van der Waals surface area contributed by atoms with Gasteiger partial charge < -0.3 is 77.2 Å². The predicted octanol–water partition coefficient (Wildman–Crippen LogP) is 5.67. The van der Waals surface area contributed by atoms with E-state index in [0.717, 1.165) is 12.8 Å². The molecule has 458 valence electrons. The Morgan fingerprint density at radius 2 is 0.901 bits per heavy atom. The van der Waals surface area contributed by atoms with Crippen molar-refractivity contribution in [3.63, 3.8) is 0 Å². The fourth-order valence-corrected chi connectivity index (χ4v) is 8.05. The van der Waals surface area contributed by atoms with Crippen LogP contribution in [0.5, 0.6) is 0 Å². The molecule has 0 heterocycles. The molecule has 0 saturated heterocycles. The number of unbranched alkanes of at least 4 members (excludes halogenated alkanes) is 1. The first-order chi connectivity index (χ1) is 38.5. The first-order valence-corrected chi connectivity index (χ1v) is 28.4. The molecule has 17 nitrogen and oxygen atoms in total. The van der Waals surface area contributed by atoms with E-state index in [4.69, 9.17) is 10.8 Å². The van der Waals surface area contributed by atoms with Gasteiger partial charge in [0, 0.05) is 42.6 Å². The molecule has 0 radical (unpaired) electrons. The maximum atomic E-state index is 12.8. The highest BCUT2D eigenvalue weighted by Crippen LogP contribution is 2.20. The van der Waals surface area contributed by atoms with E-state index < -0.39 is 97.2 Å². The molecule has 0 aromatic heterocycles. The predicted molar refractivity (Wildman–Crippen MR) is 320 cm³/mol. The first-order valence-electron chi connectivity index (χ1n) is 28.4. The van der Waals surface area contributed by atoms with Gasteiger partial charge in [-0.3, -0.25) is 4.79 Å². The molecule has 0 amide bonds. The number of ketones is 1. The minimum atomic E-state index is -1.21. The summed E-state index contributed by atoms with van der Waals surface area (Å²) < 4.78 is 0. The summed E-state index contributed by atoms with van der Waals surface area (Å²) in [6, 6.07) is 0. The fourth-order valence-electron chi connectivity index (χ4n) is 8.05. The molecule has 0 spiro atoms. The Balaban J connectivity index is 4.51. The van der Waals surface area contributed by atoms with Crippen molar-refractivity contribution < 1.29 is 81.1 Å². The summed E-state index contributed by atoms with van der Waals surface area (Å²) in [5.41, 5.74) is 5.69. The van der Waals surface area contributed by atoms with Crippen LogP contribution in [0.3, 0.4) is 0 Å². The molecule has 0 aromatic carbocycles. The number of Topliss-reactive ketones (excluding diaryl/α,β-unsaturated/α-hetero) is 1. The average molecular weight is 1140 g/mol. The first kappa shape index (κ1) is 76.2. The second-order valence-corrected chi connectivity index (χ2v) is 20.9. The number of carbonyl (C=O) groups is 2. The van der Waals surface area contributed by atoms with Crippen molar-refractivity contribution in [2.45, 2.75) is 203 Å². The lowest BCUT2D eigenvalue weighted by atomic mass is 9.88. The van der Waals surface area contributed by atoms with E-state index in [1.54, 1.807) is 98.9 Å². The monoisotopic (exact) mass is 1140 g/mol. The third-order valence-electron chi connectivity index (χ3n) is 13.2. The van der Waals surface area contributed by atoms with Gasteiger partial charge in [-0.05, 0) is 90.5 Å². The summed E-state index contributed by atoms with van der Waals surface area (Å²) in [6.07, 6.45) is 33.0. The van der Waals surface area contributed by atoms with Crippen LogP contribution in [0, 0.1) is 17.8 Å². The highest BCUT2D eigenvalue weighted by molar-refractivity contribution is 5.86. The number of allylic oxidation sites excluding steroid dienone is 16. The Labute approximate surface area is 482 Å². The molecule has 16 atom stereocenters. The Kier molecular flexibility index (Phi) is 44.8. The number of aliphatic hydroxyl groups is 13. The minimum absolute atomic E-state index is 0.0527. The van der Waals surface area contributed by atoms with Crippen LogP contribution in [0.1, 0.15) is 124 Å². The maximum Gasteiger partial charge on any atom is 0.331 e. The molecule has 0 aliphatic carbocycles. The van der Waals surface area contributed by atoms with Gasteiger partial charge in [0.1, 0.15) is 5.78 Å². The van der Waals surface area contributed by atoms with Crippen molar-refractivity contribution >= 4 is 11.8 Å². The van der Waals surface area contributed by atoms with Crippen LogP contribution in [0.2, 0.25) is 0 Å². The molecule has 81 heavy (non-hydrogen) atoms. The molecular formula is C64H101NO16. The van der Waals surface area contributed by atoms with Crippen LogP contribution in [0.25, 0.3) is 0 Å². The van der Waals surface area contributed by atoms with Gasteiger partial charge in [-0.1, -0.05) is 173 Å². The third-order valence-corrected chi connectivity index (χ3v) is 13.2. The fraction of sp³-hybridized carbons (Fsp3) is 0.562. The van der Waals surface area contributed by atoms with E-state index in [9.17, 15) is 76.0 Å². The molecule has 0 aromatic rings. The number of carbonyl (C=O) groups excluding carboxylic acids is 1. The number of rotatable bonds is 46. The number of aliphatic hydroxyl groups excluding tert-OH is 13.